The maximum atomic E-state index is 12.6. The Labute approximate surface area is 136 Å². The summed E-state index contributed by atoms with van der Waals surface area (Å²) >= 11 is 5.83. The van der Waals surface area contributed by atoms with Crippen LogP contribution in [0, 0.1) is 11.8 Å². The Bertz CT molecular complexity index is 592. The molecule has 1 aromatic rings. The van der Waals surface area contributed by atoms with Gasteiger partial charge in [-0.15, -0.1) is 0 Å². The van der Waals surface area contributed by atoms with Gasteiger partial charge < -0.3 is 0 Å². The predicted molar refractivity (Wildman–Crippen MR) is 88.2 cm³/mol. The molecule has 0 fully saturated rings. The highest BCUT2D eigenvalue weighted by Crippen LogP contribution is 2.16. The van der Waals surface area contributed by atoms with E-state index in [1.165, 1.54) is 5.01 Å². The molecule has 5 heteroatoms. The summed E-state index contributed by atoms with van der Waals surface area (Å²) in [5, 5.41) is 1.84. The Hall–Kier alpha value is -1.99. The van der Waals surface area contributed by atoms with Crippen molar-refractivity contribution < 1.29 is 9.59 Å². The van der Waals surface area contributed by atoms with Crippen LogP contribution in [0.3, 0.4) is 0 Å². The minimum atomic E-state index is -0.585. The summed E-state index contributed by atoms with van der Waals surface area (Å²) in [5.74, 6) is 4.44. The Morgan fingerprint density at radius 1 is 1.23 bits per heavy atom. The second-order valence-corrected chi connectivity index (χ2v) is 6.25. The van der Waals surface area contributed by atoms with E-state index >= 15 is 0 Å². The van der Waals surface area contributed by atoms with Crippen LogP contribution in [0.15, 0.2) is 24.3 Å². The van der Waals surface area contributed by atoms with Gasteiger partial charge in [0.05, 0.1) is 5.54 Å². The zero-order valence-electron chi connectivity index (χ0n) is 13.4. The molecule has 1 aromatic carbocycles. The predicted octanol–water partition coefficient (Wildman–Crippen LogP) is 3.42. The molecule has 0 aromatic heterocycles. The van der Waals surface area contributed by atoms with E-state index in [1.807, 2.05) is 27.7 Å². The number of hydrazine groups is 1. The van der Waals surface area contributed by atoms with Gasteiger partial charge in [-0.2, -0.15) is 0 Å². The zero-order chi connectivity index (χ0) is 16.8. The van der Waals surface area contributed by atoms with E-state index in [4.69, 9.17) is 11.6 Å². The third kappa shape index (κ3) is 5.42. The van der Waals surface area contributed by atoms with Gasteiger partial charge in [0.1, 0.15) is 0 Å². The molecule has 1 rings (SSSR count). The van der Waals surface area contributed by atoms with Crippen LogP contribution in [0.25, 0.3) is 0 Å². The number of halogens is 1. The number of amides is 2. The lowest BCUT2D eigenvalue weighted by atomic mass is 10.1. The summed E-state index contributed by atoms with van der Waals surface area (Å²) in [4.78, 5) is 24.5. The van der Waals surface area contributed by atoms with Gasteiger partial charge in [-0.05, 0) is 57.4 Å². The number of carbonyl (C=O) groups is 2. The fraction of sp³-hybridized carbons (Fsp3) is 0.412. The molecule has 0 unspecified atom stereocenters. The van der Waals surface area contributed by atoms with Crippen LogP contribution in [0.2, 0.25) is 5.02 Å². The molecule has 0 aliphatic rings. The van der Waals surface area contributed by atoms with Crippen LogP contribution in [0.4, 0.5) is 0 Å². The standard InChI is InChI=1S/C17H21ClN2O2/c1-5-6-7-8-15(21)19-20(17(2,3)4)16(22)13-9-11-14(18)12-10-13/h9-12H,5-6H2,1-4H3,(H,19,21). The van der Waals surface area contributed by atoms with Crippen molar-refractivity contribution in [2.24, 2.45) is 0 Å². The van der Waals surface area contributed by atoms with Crippen LogP contribution in [-0.4, -0.2) is 22.4 Å². The number of benzene rings is 1. The van der Waals surface area contributed by atoms with Gasteiger partial charge in [-0.3, -0.25) is 15.0 Å². The minimum absolute atomic E-state index is 0.310. The molecule has 0 saturated carbocycles. The highest BCUT2D eigenvalue weighted by molar-refractivity contribution is 6.30. The summed E-state index contributed by atoms with van der Waals surface area (Å²) in [6, 6.07) is 6.52. The average molecular weight is 321 g/mol. The Balaban J connectivity index is 2.95. The molecular weight excluding hydrogens is 300 g/mol. The van der Waals surface area contributed by atoms with Crippen molar-refractivity contribution in [3.05, 3.63) is 34.9 Å². The number of carbonyl (C=O) groups excluding carboxylic acids is 2. The number of nitrogens with zero attached hydrogens (tertiary/aromatic N) is 1. The zero-order valence-corrected chi connectivity index (χ0v) is 14.1. The highest BCUT2D eigenvalue weighted by atomic mass is 35.5. The third-order valence-corrected chi connectivity index (χ3v) is 3.01. The first kappa shape index (κ1) is 18.1. The van der Waals surface area contributed by atoms with E-state index in [2.05, 4.69) is 17.3 Å². The lowest BCUT2D eigenvalue weighted by Crippen LogP contribution is -2.55. The van der Waals surface area contributed by atoms with E-state index in [-0.39, 0.29) is 5.91 Å². The van der Waals surface area contributed by atoms with Crippen molar-refractivity contribution in [1.82, 2.24) is 10.4 Å². The Morgan fingerprint density at radius 3 is 2.32 bits per heavy atom. The molecule has 1 N–H and O–H groups in total. The molecule has 0 aliphatic carbocycles. The molecule has 22 heavy (non-hydrogen) atoms. The van der Waals surface area contributed by atoms with E-state index in [0.29, 0.717) is 17.0 Å². The first-order valence-electron chi connectivity index (χ1n) is 7.15. The molecule has 0 bridgehead atoms. The molecule has 0 radical (unpaired) electrons. The van der Waals surface area contributed by atoms with E-state index < -0.39 is 11.4 Å². The third-order valence-electron chi connectivity index (χ3n) is 2.76. The monoisotopic (exact) mass is 320 g/mol. The average Bonchev–Trinajstić information content (AvgIpc) is 2.44. The van der Waals surface area contributed by atoms with Gasteiger partial charge in [-0.25, -0.2) is 5.01 Å². The Kier molecular flexibility index (Phi) is 6.45. The van der Waals surface area contributed by atoms with Gasteiger partial charge in [0.2, 0.25) is 0 Å². The second kappa shape index (κ2) is 7.86. The lowest BCUT2D eigenvalue weighted by Gasteiger charge is -2.34. The first-order chi connectivity index (χ1) is 10.3. The Morgan fingerprint density at radius 2 is 1.82 bits per heavy atom. The summed E-state index contributed by atoms with van der Waals surface area (Å²) in [7, 11) is 0. The maximum absolute atomic E-state index is 12.6. The fourth-order valence-corrected chi connectivity index (χ4v) is 1.77. The van der Waals surface area contributed by atoms with Crippen molar-refractivity contribution in [2.45, 2.75) is 46.1 Å². The lowest BCUT2D eigenvalue weighted by molar-refractivity contribution is -0.121. The molecule has 4 nitrogen and oxygen atoms in total. The molecule has 0 aliphatic heterocycles. The van der Waals surface area contributed by atoms with Gasteiger partial charge >= 0.3 is 5.91 Å². The summed E-state index contributed by atoms with van der Waals surface area (Å²) in [6.45, 7) is 7.49. The molecule has 0 spiro atoms. The normalized spacial score (nSPS) is 10.4. The fourth-order valence-electron chi connectivity index (χ4n) is 1.64. The van der Waals surface area contributed by atoms with Crippen molar-refractivity contribution >= 4 is 23.4 Å². The topological polar surface area (TPSA) is 49.4 Å². The molecule has 0 atom stereocenters. The molecule has 0 heterocycles. The van der Waals surface area contributed by atoms with Crippen LogP contribution in [0.1, 0.15) is 50.9 Å². The maximum Gasteiger partial charge on any atom is 0.314 e. The second-order valence-electron chi connectivity index (χ2n) is 5.81. The van der Waals surface area contributed by atoms with E-state index in [0.717, 1.165) is 6.42 Å². The van der Waals surface area contributed by atoms with E-state index in [1.54, 1.807) is 24.3 Å². The molecular formula is C17H21ClN2O2. The molecule has 0 saturated heterocycles. The van der Waals surface area contributed by atoms with Crippen molar-refractivity contribution in [3.63, 3.8) is 0 Å². The molecule has 2 amide bonds. The largest absolute Gasteiger partial charge is 0.314 e. The number of hydrogen-bond acceptors (Lipinski definition) is 2. The quantitative estimate of drug-likeness (QED) is 0.670. The van der Waals surface area contributed by atoms with Crippen molar-refractivity contribution in [3.8, 4) is 11.8 Å². The van der Waals surface area contributed by atoms with E-state index in [9.17, 15) is 9.59 Å². The van der Waals surface area contributed by atoms with Crippen LogP contribution in [-0.2, 0) is 4.79 Å². The van der Waals surface area contributed by atoms with Crippen molar-refractivity contribution in [2.75, 3.05) is 0 Å². The van der Waals surface area contributed by atoms with Gasteiger partial charge in [0.15, 0.2) is 0 Å². The van der Waals surface area contributed by atoms with Gasteiger partial charge in [0.25, 0.3) is 5.91 Å². The summed E-state index contributed by atoms with van der Waals surface area (Å²) < 4.78 is 0. The van der Waals surface area contributed by atoms with Crippen LogP contribution >= 0.6 is 11.6 Å². The number of unbranched alkanes of at least 4 members (excludes halogenated alkanes) is 1. The number of hydrogen-bond donors (Lipinski definition) is 1. The van der Waals surface area contributed by atoms with Gasteiger partial charge in [-0.1, -0.05) is 24.4 Å². The smallest absolute Gasteiger partial charge is 0.267 e. The van der Waals surface area contributed by atoms with Gasteiger partial charge in [0, 0.05) is 17.0 Å². The summed E-state index contributed by atoms with van der Waals surface area (Å²) in [6.07, 6.45) is 1.53. The number of nitrogens with one attached hydrogen (secondary N) is 1. The van der Waals surface area contributed by atoms with Crippen LogP contribution in [0.5, 0.6) is 0 Å². The van der Waals surface area contributed by atoms with Crippen molar-refractivity contribution in [1.29, 1.82) is 0 Å². The molecule has 118 valence electrons. The highest BCUT2D eigenvalue weighted by Gasteiger charge is 2.28. The number of rotatable bonds is 2. The summed E-state index contributed by atoms with van der Waals surface area (Å²) in [5.41, 5.74) is 2.43. The van der Waals surface area contributed by atoms with Crippen LogP contribution < -0.4 is 5.43 Å². The SMILES string of the molecule is CCCC#CC(=O)NN(C(=O)c1ccc(Cl)cc1)C(C)(C)C. The minimum Gasteiger partial charge on any atom is -0.267 e. The first-order valence-corrected chi connectivity index (χ1v) is 7.53.